The lowest BCUT2D eigenvalue weighted by Crippen LogP contribution is -2.60. The molecule has 0 radical (unpaired) electrons. The van der Waals surface area contributed by atoms with E-state index in [4.69, 9.17) is 0 Å². The highest BCUT2D eigenvalue weighted by molar-refractivity contribution is 5.75. The minimum atomic E-state index is -0.446. The number of alkyl halides is 1. The summed E-state index contributed by atoms with van der Waals surface area (Å²) in [5.74, 6) is 1.12. The molecule has 0 amide bonds. The second kappa shape index (κ2) is 9.09. The van der Waals surface area contributed by atoms with Gasteiger partial charge in [-0.25, -0.2) is 4.39 Å². The van der Waals surface area contributed by atoms with Crippen LogP contribution in [0.2, 0.25) is 0 Å². The fourth-order valence-electron chi connectivity index (χ4n) is 4.83. The number of aromatic amines is 1. The number of hydrogen-bond donors (Lipinski definition) is 2. The maximum atomic E-state index is 13.5. The van der Waals surface area contributed by atoms with Crippen LogP contribution in [0.3, 0.4) is 0 Å². The van der Waals surface area contributed by atoms with Gasteiger partial charge in [-0.15, -0.1) is 10.2 Å². The predicted octanol–water partition coefficient (Wildman–Crippen LogP) is 4.44. The number of piperidine rings is 1. The van der Waals surface area contributed by atoms with Crippen LogP contribution in [0.15, 0.2) is 36.5 Å². The molecule has 0 bridgehead atoms. The van der Waals surface area contributed by atoms with Crippen molar-refractivity contribution >= 4 is 5.82 Å². The van der Waals surface area contributed by atoms with Gasteiger partial charge in [-0.2, -0.15) is 5.10 Å². The Labute approximate surface area is 194 Å². The van der Waals surface area contributed by atoms with E-state index in [2.05, 4.69) is 58.0 Å². The van der Waals surface area contributed by atoms with Crippen molar-refractivity contribution in [2.24, 2.45) is 5.92 Å². The molecule has 0 saturated carbocycles. The van der Waals surface area contributed by atoms with Crippen molar-refractivity contribution in [2.75, 3.05) is 31.7 Å². The number of nitrogens with one attached hydrogen (secondary N) is 1. The molecule has 2 aromatic heterocycles. The quantitative estimate of drug-likeness (QED) is 0.575. The van der Waals surface area contributed by atoms with Crippen molar-refractivity contribution in [1.29, 1.82) is 0 Å². The van der Waals surface area contributed by atoms with Crippen LogP contribution in [0.1, 0.15) is 32.9 Å². The molecule has 0 aliphatic carbocycles. The van der Waals surface area contributed by atoms with Crippen molar-refractivity contribution in [1.82, 2.24) is 25.3 Å². The van der Waals surface area contributed by atoms with E-state index < -0.39 is 6.67 Å². The van der Waals surface area contributed by atoms with E-state index in [1.807, 2.05) is 31.2 Å². The lowest BCUT2D eigenvalue weighted by Gasteiger charge is -2.52. The van der Waals surface area contributed by atoms with Crippen molar-refractivity contribution in [3.05, 3.63) is 42.2 Å². The second-order valence-electron chi connectivity index (χ2n) is 9.52. The van der Waals surface area contributed by atoms with E-state index in [0.717, 1.165) is 29.8 Å². The zero-order chi connectivity index (χ0) is 23.8. The number of nitrogens with zero attached hydrogens (tertiary/aromatic N) is 5. The molecular formula is C25H33FN6O. The molecule has 1 saturated heterocycles. The first kappa shape index (κ1) is 23.2. The Balaban J connectivity index is 1.60. The van der Waals surface area contributed by atoms with Gasteiger partial charge < -0.3 is 14.9 Å². The van der Waals surface area contributed by atoms with Gasteiger partial charge in [-0.05, 0) is 70.0 Å². The normalized spacial score (nSPS) is 20.7. The zero-order valence-corrected chi connectivity index (χ0v) is 20.0. The first-order valence-corrected chi connectivity index (χ1v) is 11.4. The van der Waals surface area contributed by atoms with Gasteiger partial charge >= 0.3 is 0 Å². The first-order chi connectivity index (χ1) is 15.7. The molecule has 2 unspecified atom stereocenters. The number of aryl methyl sites for hydroxylation is 1. The highest BCUT2D eigenvalue weighted by Crippen LogP contribution is 2.37. The van der Waals surface area contributed by atoms with Gasteiger partial charge in [0.1, 0.15) is 12.4 Å². The molecule has 8 heteroatoms. The lowest BCUT2D eigenvalue weighted by atomic mass is 9.76. The molecule has 176 valence electrons. The summed E-state index contributed by atoms with van der Waals surface area (Å²) in [6.07, 6.45) is 2.68. The van der Waals surface area contributed by atoms with Gasteiger partial charge in [0.2, 0.25) is 0 Å². The smallest absolute Gasteiger partial charge is 0.151 e. The molecule has 1 aliphatic rings. The van der Waals surface area contributed by atoms with Crippen LogP contribution < -0.4 is 4.90 Å². The molecule has 33 heavy (non-hydrogen) atoms. The molecule has 7 nitrogen and oxygen atoms in total. The number of phenolic OH excluding ortho intramolecular Hbond substituents is 1. The van der Waals surface area contributed by atoms with Crippen LogP contribution in [-0.2, 0) is 0 Å². The molecule has 1 fully saturated rings. The summed E-state index contributed by atoms with van der Waals surface area (Å²) in [6, 6.07) is 9.38. The summed E-state index contributed by atoms with van der Waals surface area (Å²) in [4.78, 5) is 4.43. The maximum Gasteiger partial charge on any atom is 0.151 e. The minimum absolute atomic E-state index is 0.00568. The molecule has 1 aromatic carbocycles. The molecule has 3 aromatic rings. The molecule has 1 aliphatic heterocycles. The number of aromatic nitrogens is 4. The molecule has 2 atom stereocenters. The fourth-order valence-corrected chi connectivity index (χ4v) is 4.83. The summed E-state index contributed by atoms with van der Waals surface area (Å²) in [6.45, 7) is 9.44. The summed E-state index contributed by atoms with van der Waals surface area (Å²) < 4.78 is 13.5. The number of anilines is 1. The SMILES string of the molecule is Cc1[nH]ncc1-c1ccc(-c2ccc(N(CCF)C3CCN(C)C(C)(C)C3C)nn2)c(O)c1. The number of benzene rings is 1. The number of halogens is 1. The molecule has 2 N–H and O–H groups in total. The highest BCUT2D eigenvalue weighted by Gasteiger charge is 2.42. The Morgan fingerprint density at radius 2 is 2.00 bits per heavy atom. The number of likely N-dealkylation sites (tertiary alicyclic amines) is 1. The number of H-pyrrole nitrogens is 1. The van der Waals surface area contributed by atoms with E-state index >= 15 is 0 Å². The Morgan fingerprint density at radius 1 is 1.21 bits per heavy atom. The summed E-state index contributed by atoms with van der Waals surface area (Å²) in [5, 5.41) is 26.4. The van der Waals surface area contributed by atoms with E-state index in [1.54, 1.807) is 12.3 Å². The number of phenols is 1. The third kappa shape index (κ3) is 4.31. The Kier molecular flexibility index (Phi) is 6.38. The predicted molar refractivity (Wildman–Crippen MR) is 129 cm³/mol. The third-order valence-electron chi connectivity index (χ3n) is 7.52. The minimum Gasteiger partial charge on any atom is -0.507 e. The first-order valence-electron chi connectivity index (χ1n) is 11.4. The van der Waals surface area contributed by atoms with E-state index in [9.17, 15) is 9.50 Å². The second-order valence-corrected chi connectivity index (χ2v) is 9.52. The van der Waals surface area contributed by atoms with Gasteiger partial charge in [0.15, 0.2) is 5.82 Å². The average molecular weight is 453 g/mol. The lowest BCUT2D eigenvalue weighted by molar-refractivity contribution is 0.0375. The number of hydrogen-bond acceptors (Lipinski definition) is 6. The van der Waals surface area contributed by atoms with Crippen LogP contribution in [0.4, 0.5) is 10.2 Å². The van der Waals surface area contributed by atoms with Crippen LogP contribution in [0.5, 0.6) is 5.75 Å². The summed E-state index contributed by atoms with van der Waals surface area (Å²) in [7, 11) is 2.15. The van der Waals surface area contributed by atoms with E-state index in [1.165, 1.54) is 0 Å². The molecule has 3 heterocycles. The van der Waals surface area contributed by atoms with E-state index in [-0.39, 0.29) is 23.9 Å². The Hall–Kier alpha value is -3.00. The monoisotopic (exact) mass is 452 g/mol. The standard InChI is InChI=1S/C25H33FN6O/c1-16-22(10-12-31(5)25(16,3)4)32(13-11-26)24-9-8-21(29-30-24)19-7-6-18(14-23(19)33)20-15-27-28-17(20)2/h6-9,14-16,22,33H,10-13H2,1-5H3,(H,27,28). The van der Waals surface area contributed by atoms with Crippen molar-refractivity contribution in [3.63, 3.8) is 0 Å². The zero-order valence-electron chi connectivity index (χ0n) is 20.0. The van der Waals surface area contributed by atoms with Crippen molar-refractivity contribution in [3.8, 4) is 28.1 Å². The van der Waals surface area contributed by atoms with Gasteiger partial charge in [0, 0.05) is 41.5 Å². The van der Waals surface area contributed by atoms with Crippen molar-refractivity contribution < 1.29 is 9.50 Å². The largest absolute Gasteiger partial charge is 0.507 e. The van der Waals surface area contributed by atoms with E-state index in [0.29, 0.717) is 23.0 Å². The van der Waals surface area contributed by atoms with Gasteiger partial charge in [-0.3, -0.25) is 5.10 Å². The topological polar surface area (TPSA) is 81.2 Å². The van der Waals surface area contributed by atoms with Gasteiger partial charge in [0.25, 0.3) is 0 Å². The number of rotatable bonds is 6. The van der Waals surface area contributed by atoms with Crippen LogP contribution >= 0.6 is 0 Å². The van der Waals surface area contributed by atoms with Crippen LogP contribution in [-0.4, -0.2) is 68.8 Å². The maximum absolute atomic E-state index is 13.5. The third-order valence-corrected chi connectivity index (χ3v) is 7.52. The molecule has 4 rings (SSSR count). The summed E-state index contributed by atoms with van der Waals surface area (Å²) in [5.41, 5.74) is 3.93. The van der Waals surface area contributed by atoms with Gasteiger partial charge in [0.05, 0.1) is 11.9 Å². The summed E-state index contributed by atoms with van der Waals surface area (Å²) >= 11 is 0. The average Bonchev–Trinajstić information content (AvgIpc) is 3.23. The van der Waals surface area contributed by atoms with Crippen LogP contribution in [0.25, 0.3) is 22.4 Å². The van der Waals surface area contributed by atoms with Crippen LogP contribution in [0, 0.1) is 12.8 Å². The van der Waals surface area contributed by atoms with Crippen molar-refractivity contribution in [2.45, 2.75) is 45.7 Å². The Morgan fingerprint density at radius 3 is 2.61 bits per heavy atom. The molecular weight excluding hydrogens is 419 g/mol. The fraction of sp³-hybridized carbons (Fsp3) is 0.480. The Bertz CT molecular complexity index is 1100. The molecule has 0 spiro atoms. The number of aromatic hydroxyl groups is 1. The highest BCUT2D eigenvalue weighted by atomic mass is 19.1. The van der Waals surface area contributed by atoms with Gasteiger partial charge in [-0.1, -0.05) is 13.0 Å².